The molecule has 0 aliphatic carbocycles. The first-order valence-electron chi connectivity index (χ1n) is 30.2. The Labute approximate surface area is 499 Å². The molecular weight excluding hydrogens is 1020 g/mol. The Morgan fingerprint density at radius 1 is 0.333 bits per heavy atom. The quantitative estimate of drug-likeness (QED) is 0.155. The SMILES string of the molecule is CC(C)(C)c1ccc(-c2ccc3c(c2)N(c2c(-c4ccccc4)cc4c(oc5ccccc54)c2-c2ccccc2)c2cc(-c4cc(C(C)(C)C)cc(C(C)(C)C)c4)cc4c2B3c2cc(-c3cc(C(C)(C)C)cc(C(C)(C)C)c3)ccc2O4)cc1. The Balaban J connectivity index is 1.18. The molecule has 3 nitrogen and oxygen atoms in total. The lowest BCUT2D eigenvalue weighted by atomic mass is 9.34. The van der Waals surface area contributed by atoms with Crippen LogP contribution >= 0.6 is 0 Å². The number of hydrogen-bond donors (Lipinski definition) is 0. The molecule has 0 saturated carbocycles. The van der Waals surface area contributed by atoms with Crippen LogP contribution < -0.4 is 26.0 Å². The summed E-state index contributed by atoms with van der Waals surface area (Å²) in [5.41, 5.74) is 26.0. The Morgan fingerprint density at radius 2 is 0.821 bits per heavy atom. The van der Waals surface area contributed by atoms with Crippen molar-refractivity contribution in [1.82, 2.24) is 0 Å². The van der Waals surface area contributed by atoms with E-state index in [1.54, 1.807) is 0 Å². The molecule has 0 atom stereocenters. The Bertz CT molecular complexity index is 4330. The number of ether oxygens (including phenoxy) is 1. The molecule has 13 rings (SSSR count). The Kier molecular flexibility index (Phi) is 12.8. The van der Waals surface area contributed by atoms with E-state index in [1.807, 2.05) is 0 Å². The van der Waals surface area contributed by atoms with Gasteiger partial charge in [0.2, 0.25) is 0 Å². The van der Waals surface area contributed by atoms with Gasteiger partial charge in [-0.2, -0.15) is 0 Å². The van der Waals surface area contributed by atoms with Crippen LogP contribution in [0, 0.1) is 0 Å². The number of anilines is 3. The fourth-order valence-corrected chi connectivity index (χ4v) is 12.8. The topological polar surface area (TPSA) is 25.6 Å². The highest BCUT2D eigenvalue weighted by atomic mass is 16.5. The summed E-state index contributed by atoms with van der Waals surface area (Å²) in [6.07, 6.45) is 0. The summed E-state index contributed by atoms with van der Waals surface area (Å²) in [4.78, 5) is 2.61. The third-order valence-corrected chi connectivity index (χ3v) is 17.9. The highest BCUT2D eigenvalue weighted by Crippen LogP contribution is 2.54. The van der Waals surface area contributed by atoms with Crippen molar-refractivity contribution in [2.24, 2.45) is 0 Å². The van der Waals surface area contributed by atoms with E-state index in [2.05, 4.69) is 309 Å². The number of benzene rings is 10. The van der Waals surface area contributed by atoms with Gasteiger partial charge in [-0.3, -0.25) is 0 Å². The minimum atomic E-state index is -0.189. The van der Waals surface area contributed by atoms with Gasteiger partial charge in [0.1, 0.15) is 22.7 Å². The molecule has 10 aromatic carbocycles. The van der Waals surface area contributed by atoms with E-state index in [9.17, 15) is 0 Å². The number of para-hydroxylation sites is 1. The molecule has 84 heavy (non-hydrogen) atoms. The second kappa shape index (κ2) is 19.6. The van der Waals surface area contributed by atoms with E-state index >= 15 is 0 Å². The first-order chi connectivity index (χ1) is 39.8. The maximum absolute atomic E-state index is 7.55. The summed E-state index contributed by atoms with van der Waals surface area (Å²) >= 11 is 0. The lowest BCUT2D eigenvalue weighted by Crippen LogP contribution is -2.59. The molecule has 0 fully saturated rings. The van der Waals surface area contributed by atoms with Crippen LogP contribution in [0.25, 0.3) is 77.6 Å². The molecule has 0 unspecified atom stereocenters. The lowest BCUT2D eigenvalue weighted by Gasteiger charge is -2.42. The van der Waals surface area contributed by atoms with Crippen molar-refractivity contribution in [3.63, 3.8) is 0 Å². The van der Waals surface area contributed by atoms with E-state index in [1.165, 1.54) is 55.5 Å². The van der Waals surface area contributed by atoms with Crippen molar-refractivity contribution in [3.05, 3.63) is 228 Å². The molecule has 11 aromatic rings. The molecular formula is C80H78BNO2. The van der Waals surface area contributed by atoms with Gasteiger partial charge in [-0.15, -0.1) is 0 Å². The number of hydrogen-bond acceptors (Lipinski definition) is 3. The molecule has 0 N–H and O–H groups in total. The zero-order valence-electron chi connectivity index (χ0n) is 51.9. The number of rotatable bonds is 6. The average molecular weight is 1100 g/mol. The van der Waals surface area contributed by atoms with E-state index in [0.717, 1.165) is 94.8 Å². The van der Waals surface area contributed by atoms with Crippen LogP contribution in [-0.2, 0) is 27.1 Å². The van der Waals surface area contributed by atoms with Gasteiger partial charge in [0.05, 0.1) is 5.69 Å². The zero-order valence-corrected chi connectivity index (χ0v) is 51.9. The molecule has 418 valence electrons. The molecule has 0 amide bonds. The number of fused-ring (bicyclic) bond motifs is 7. The Hall–Kier alpha value is -8.34. The van der Waals surface area contributed by atoms with Crippen LogP contribution in [0.2, 0.25) is 0 Å². The summed E-state index contributed by atoms with van der Waals surface area (Å²) in [5, 5.41) is 2.17. The standard InChI is InChI=1S/C80H78BNO2/c1-76(2,3)57-34-30-49(31-35-57)53-32-36-65-67(43-53)82(74-63(50-24-18-16-19-25-50)48-64-62-28-22-23-29-69(62)84-75(64)72(74)51-26-20-17-21-27-51)68-44-56(55-40-60(79(10,11)12)47-61(41-55)80(13,14)15)45-71-73(68)81(65)66-42-52(33-37-70(66)83-71)54-38-58(77(4,5)6)46-59(39-54)78(7,8)9/h16-48H,1-15H3. The van der Waals surface area contributed by atoms with Gasteiger partial charge in [0.15, 0.2) is 0 Å². The van der Waals surface area contributed by atoms with Crippen molar-refractivity contribution in [2.45, 2.75) is 131 Å². The normalized spacial score (nSPS) is 13.5. The second-order valence-corrected chi connectivity index (χ2v) is 29.1. The largest absolute Gasteiger partial charge is 0.458 e. The molecule has 0 radical (unpaired) electrons. The van der Waals surface area contributed by atoms with Crippen molar-refractivity contribution in [1.29, 1.82) is 0 Å². The van der Waals surface area contributed by atoms with Crippen LogP contribution in [0.5, 0.6) is 11.5 Å². The van der Waals surface area contributed by atoms with Gasteiger partial charge >= 0.3 is 0 Å². The van der Waals surface area contributed by atoms with E-state index in [-0.39, 0.29) is 33.8 Å². The molecule has 0 spiro atoms. The number of nitrogens with zero attached hydrogens (tertiary/aromatic N) is 1. The molecule has 4 heteroatoms. The highest BCUT2D eigenvalue weighted by Gasteiger charge is 2.44. The first kappa shape index (κ1) is 54.9. The predicted octanol–water partition coefficient (Wildman–Crippen LogP) is 20.8. The molecule has 3 heterocycles. The van der Waals surface area contributed by atoms with Crippen molar-refractivity contribution >= 4 is 62.1 Å². The van der Waals surface area contributed by atoms with Gasteiger partial charge in [0.25, 0.3) is 6.71 Å². The summed E-state index contributed by atoms with van der Waals surface area (Å²) in [7, 11) is 0. The molecule has 0 saturated heterocycles. The third-order valence-electron chi connectivity index (χ3n) is 17.9. The first-order valence-corrected chi connectivity index (χ1v) is 30.2. The minimum absolute atomic E-state index is 0.0129. The van der Waals surface area contributed by atoms with E-state index in [4.69, 9.17) is 9.15 Å². The second-order valence-electron chi connectivity index (χ2n) is 29.1. The fraction of sp³-hybridized carbons (Fsp3) is 0.250. The minimum Gasteiger partial charge on any atom is -0.458 e. The van der Waals surface area contributed by atoms with Crippen molar-refractivity contribution in [2.75, 3.05) is 4.90 Å². The summed E-state index contributed by atoms with van der Waals surface area (Å²) in [6.45, 7) is 34.6. The van der Waals surface area contributed by atoms with Gasteiger partial charge < -0.3 is 14.1 Å². The van der Waals surface area contributed by atoms with Crippen LogP contribution in [0.1, 0.15) is 132 Å². The predicted molar refractivity (Wildman–Crippen MR) is 360 cm³/mol. The van der Waals surface area contributed by atoms with Crippen LogP contribution in [0.3, 0.4) is 0 Å². The molecule has 1 aromatic heterocycles. The summed E-state index contributed by atoms with van der Waals surface area (Å²) in [5.74, 6) is 1.74. The summed E-state index contributed by atoms with van der Waals surface area (Å²) in [6, 6.07) is 75.6. The third kappa shape index (κ3) is 9.66. The van der Waals surface area contributed by atoms with Gasteiger partial charge in [-0.25, -0.2) is 0 Å². The molecule has 2 aliphatic heterocycles. The van der Waals surface area contributed by atoms with Gasteiger partial charge in [-0.05, 0) is 152 Å². The van der Waals surface area contributed by atoms with Crippen molar-refractivity contribution in [3.8, 4) is 67.1 Å². The van der Waals surface area contributed by atoms with Gasteiger partial charge in [0, 0.05) is 33.3 Å². The van der Waals surface area contributed by atoms with Gasteiger partial charge in [-0.1, -0.05) is 268 Å². The Morgan fingerprint density at radius 3 is 1.40 bits per heavy atom. The fourth-order valence-electron chi connectivity index (χ4n) is 12.8. The lowest BCUT2D eigenvalue weighted by molar-refractivity contribution is 0.488. The van der Waals surface area contributed by atoms with Crippen LogP contribution in [0.15, 0.2) is 205 Å². The average Bonchev–Trinajstić information content (AvgIpc) is 0.970. The molecule has 2 aliphatic rings. The highest BCUT2D eigenvalue weighted by molar-refractivity contribution is 6.99. The summed E-state index contributed by atoms with van der Waals surface area (Å²) < 4.78 is 14.8. The monoisotopic (exact) mass is 1100 g/mol. The smallest absolute Gasteiger partial charge is 0.256 e. The molecule has 0 bridgehead atoms. The maximum atomic E-state index is 7.55. The number of furan rings is 1. The maximum Gasteiger partial charge on any atom is 0.256 e. The van der Waals surface area contributed by atoms with Crippen LogP contribution in [0.4, 0.5) is 17.1 Å². The van der Waals surface area contributed by atoms with Crippen LogP contribution in [-0.4, -0.2) is 6.71 Å². The van der Waals surface area contributed by atoms with E-state index < -0.39 is 0 Å². The zero-order chi connectivity index (χ0) is 59.0. The van der Waals surface area contributed by atoms with E-state index in [0.29, 0.717) is 0 Å². The van der Waals surface area contributed by atoms with Crippen molar-refractivity contribution < 1.29 is 9.15 Å².